The zero-order chi connectivity index (χ0) is 11.5. The van der Waals surface area contributed by atoms with E-state index in [-0.39, 0.29) is 12.0 Å². The molecule has 5 heteroatoms. The number of rotatable bonds is 2. The van der Waals surface area contributed by atoms with Crippen molar-refractivity contribution in [1.82, 2.24) is 0 Å². The second kappa shape index (κ2) is 4.44. The van der Waals surface area contributed by atoms with Gasteiger partial charge in [0.25, 0.3) is 0 Å². The molecule has 0 bridgehead atoms. The molecule has 1 atom stereocenters. The Hall–Kier alpha value is -1.36. The van der Waals surface area contributed by atoms with E-state index < -0.39 is 17.7 Å². The predicted molar refractivity (Wildman–Crippen MR) is 50.9 cm³/mol. The first-order valence-corrected chi connectivity index (χ1v) is 4.80. The maximum atomic E-state index is 10.8. The minimum atomic E-state index is -1.72. The Morgan fingerprint density at radius 3 is 2.67 bits per heavy atom. The number of aliphatic hydroxyl groups is 1. The summed E-state index contributed by atoms with van der Waals surface area (Å²) in [6.07, 6.45) is 3.12. The highest BCUT2D eigenvalue weighted by Gasteiger charge is 2.37. The van der Waals surface area contributed by atoms with Gasteiger partial charge in [0, 0.05) is 25.0 Å². The summed E-state index contributed by atoms with van der Waals surface area (Å²) in [6, 6.07) is 0. The van der Waals surface area contributed by atoms with Crippen molar-refractivity contribution in [2.24, 2.45) is 0 Å². The molecule has 15 heavy (non-hydrogen) atoms. The lowest BCUT2D eigenvalue weighted by Gasteiger charge is -2.33. The van der Waals surface area contributed by atoms with Gasteiger partial charge in [-0.15, -0.1) is 0 Å². The third-order valence-electron chi connectivity index (χ3n) is 2.32. The summed E-state index contributed by atoms with van der Waals surface area (Å²) in [6.45, 7) is 1.19. The molecule has 0 saturated heterocycles. The van der Waals surface area contributed by atoms with Crippen LogP contribution in [0, 0.1) is 0 Å². The van der Waals surface area contributed by atoms with Gasteiger partial charge >= 0.3 is 11.9 Å². The number of esters is 1. The minimum Gasteiger partial charge on any atom is -0.478 e. The van der Waals surface area contributed by atoms with Crippen molar-refractivity contribution >= 4 is 11.9 Å². The number of hydrogen-bond acceptors (Lipinski definition) is 4. The molecule has 2 N–H and O–H groups in total. The molecule has 1 saturated carbocycles. The quantitative estimate of drug-likeness (QED) is 0.404. The zero-order valence-corrected chi connectivity index (χ0v) is 8.52. The van der Waals surface area contributed by atoms with Crippen LogP contribution in [0.2, 0.25) is 0 Å². The van der Waals surface area contributed by atoms with Crippen molar-refractivity contribution in [2.75, 3.05) is 0 Å². The average molecular weight is 214 g/mol. The van der Waals surface area contributed by atoms with Crippen LogP contribution in [0.15, 0.2) is 11.6 Å². The topological polar surface area (TPSA) is 83.8 Å². The molecule has 0 aliphatic heterocycles. The van der Waals surface area contributed by atoms with Gasteiger partial charge < -0.3 is 14.9 Å². The second-order valence-corrected chi connectivity index (χ2v) is 3.59. The van der Waals surface area contributed by atoms with E-state index in [0.717, 1.165) is 12.5 Å². The number of carbonyl (C=O) groups excluding carboxylic acids is 1. The minimum absolute atomic E-state index is 0.256. The van der Waals surface area contributed by atoms with Crippen molar-refractivity contribution in [3.05, 3.63) is 11.6 Å². The molecule has 0 heterocycles. The van der Waals surface area contributed by atoms with Crippen LogP contribution in [0.25, 0.3) is 0 Å². The van der Waals surface area contributed by atoms with E-state index in [1.54, 1.807) is 0 Å². The summed E-state index contributed by atoms with van der Waals surface area (Å²) in [5.74, 6) is -3.48. The molecule has 0 radical (unpaired) electrons. The fraction of sp³-hybridized carbons (Fsp3) is 0.600. The molecule has 1 aliphatic carbocycles. The van der Waals surface area contributed by atoms with Crippen LogP contribution in [0.1, 0.15) is 32.6 Å². The summed E-state index contributed by atoms with van der Waals surface area (Å²) < 4.78 is 4.78. The Kier molecular flexibility index (Phi) is 3.47. The molecule has 1 unspecified atom stereocenters. The van der Waals surface area contributed by atoms with Gasteiger partial charge in [-0.3, -0.25) is 4.79 Å². The van der Waals surface area contributed by atoms with Gasteiger partial charge in [0.15, 0.2) is 0 Å². The largest absolute Gasteiger partial charge is 0.478 e. The maximum absolute atomic E-state index is 10.8. The molecule has 0 aromatic heterocycles. The van der Waals surface area contributed by atoms with E-state index >= 15 is 0 Å². The molecule has 0 spiro atoms. The SMILES string of the molecule is CC(=O)OC1(O)CCCCC1=CC(=O)O. The van der Waals surface area contributed by atoms with Crippen molar-refractivity contribution in [3.63, 3.8) is 0 Å². The fourth-order valence-electron chi connectivity index (χ4n) is 1.72. The van der Waals surface area contributed by atoms with Gasteiger partial charge in [0.2, 0.25) is 5.79 Å². The van der Waals surface area contributed by atoms with E-state index in [1.165, 1.54) is 6.92 Å². The van der Waals surface area contributed by atoms with Crippen molar-refractivity contribution < 1.29 is 24.5 Å². The summed E-state index contributed by atoms with van der Waals surface area (Å²) in [4.78, 5) is 21.3. The highest BCUT2D eigenvalue weighted by molar-refractivity contribution is 5.81. The summed E-state index contributed by atoms with van der Waals surface area (Å²) in [7, 11) is 0. The Labute approximate surface area is 87.4 Å². The van der Waals surface area contributed by atoms with Crippen molar-refractivity contribution in [1.29, 1.82) is 0 Å². The number of carbonyl (C=O) groups is 2. The van der Waals surface area contributed by atoms with Gasteiger partial charge in [-0.2, -0.15) is 0 Å². The van der Waals surface area contributed by atoms with Gasteiger partial charge in [-0.25, -0.2) is 4.79 Å². The van der Waals surface area contributed by atoms with Crippen molar-refractivity contribution in [3.8, 4) is 0 Å². The van der Waals surface area contributed by atoms with E-state index in [4.69, 9.17) is 9.84 Å². The molecule has 0 amide bonds. The number of aliphatic carboxylic acids is 1. The lowest BCUT2D eigenvalue weighted by Crippen LogP contribution is -2.39. The third-order valence-corrected chi connectivity index (χ3v) is 2.32. The standard InChI is InChI=1S/C10H14O5/c1-7(11)15-10(14)5-3-2-4-8(10)6-9(12)13/h6,14H,2-5H2,1H3,(H,12,13). The molecule has 1 rings (SSSR count). The number of ether oxygens (including phenoxy) is 1. The molecule has 84 valence electrons. The Morgan fingerprint density at radius 2 is 2.13 bits per heavy atom. The van der Waals surface area contributed by atoms with E-state index in [1.807, 2.05) is 0 Å². The Bertz CT molecular complexity index is 307. The molecule has 1 fully saturated rings. The van der Waals surface area contributed by atoms with Gasteiger partial charge in [-0.1, -0.05) is 0 Å². The van der Waals surface area contributed by atoms with Crippen LogP contribution in [0.4, 0.5) is 0 Å². The highest BCUT2D eigenvalue weighted by Crippen LogP contribution is 2.34. The monoisotopic (exact) mass is 214 g/mol. The summed E-state index contributed by atoms with van der Waals surface area (Å²) in [5, 5.41) is 18.6. The lowest BCUT2D eigenvalue weighted by atomic mass is 9.88. The normalized spacial score (nSPS) is 28.8. The first kappa shape index (κ1) is 11.7. The van der Waals surface area contributed by atoms with Crippen LogP contribution < -0.4 is 0 Å². The van der Waals surface area contributed by atoms with Crippen LogP contribution in [-0.4, -0.2) is 27.9 Å². The fourth-order valence-corrected chi connectivity index (χ4v) is 1.72. The van der Waals surface area contributed by atoms with Crippen LogP contribution >= 0.6 is 0 Å². The molecule has 5 nitrogen and oxygen atoms in total. The van der Waals surface area contributed by atoms with E-state index in [0.29, 0.717) is 12.8 Å². The lowest BCUT2D eigenvalue weighted by molar-refractivity contribution is -0.198. The number of carboxylic acids is 1. The molecule has 0 aromatic rings. The number of carboxylic acid groups (broad SMARTS) is 1. The first-order chi connectivity index (χ1) is 6.94. The first-order valence-electron chi connectivity index (χ1n) is 4.80. The molecule has 1 aliphatic rings. The third kappa shape index (κ3) is 3.06. The van der Waals surface area contributed by atoms with E-state index in [9.17, 15) is 14.7 Å². The van der Waals surface area contributed by atoms with E-state index in [2.05, 4.69) is 0 Å². The van der Waals surface area contributed by atoms with Gasteiger partial charge in [-0.05, 0) is 19.3 Å². The maximum Gasteiger partial charge on any atom is 0.328 e. The van der Waals surface area contributed by atoms with Gasteiger partial charge in [0.05, 0.1) is 0 Å². The second-order valence-electron chi connectivity index (χ2n) is 3.59. The smallest absolute Gasteiger partial charge is 0.328 e. The predicted octanol–water partition coefficient (Wildman–Crippen LogP) is 0.823. The van der Waals surface area contributed by atoms with Gasteiger partial charge in [0.1, 0.15) is 0 Å². The van der Waals surface area contributed by atoms with Crippen LogP contribution in [-0.2, 0) is 14.3 Å². The van der Waals surface area contributed by atoms with Crippen LogP contribution in [0.3, 0.4) is 0 Å². The summed E-state index contributed by atoms with van der Waals surface area (Å²) in [5.41, 5.74) is 0.261. The van der Waals surface area contributed by atoms with Crippen molar-refractivity contribution in [2.45, 2.75) is 38.4 Å². The Morgan fingerprint density at radius 1 is 1.47 bits per heavy atom. The summed E-state index contributed by atoms with van der Waals surface area (Å²) >= 11 is 0. The Balaban J connectivity index is 2.90. The average Bonchev–Trinajstić information content (AvgIpc) is 2.07. The molecular weight excluding hydrogens is 200 g/mol. The van der Waals surface area contributed by atoms with Crippen LogP contribution in [0.5, 0.6) is 0 Å². The number of hydrogen-bond donors (Lipinski definition) is 2. The highest BCUT2D eigenvalue weighted by atomic mass is 16.7. The molecular formula is C10H14O5. The molecule has 0 aromatic carbocycles. The zero-order valence-electron chi connectivity index (χ0n) is 8.52.